The van der Waals surface area contributed by atoms with E-state index in [1.807, 2.05) is 30.0 Å². The maximum atomic E-state index is 12.6. The fraction of sp³-hybridized carbons (Fsp3) is 0.579. The second-order valence-corrected chi connectivity index (χ2v) is 6.93. The quantitative estimate of drug-likeness (QED) is 0.923. The molecule has 2 fully saturated rings. The molecule has 0 radical (unpaired) electrons. The van der Waals surface area contributed by atoms with Crippen molar-refractivity contribution >= 4 is 17.5 Å². The van der Waals surface area contributed by atoms with Crippen molar-refractivity contribution in [1.82, 2.24) is 4.90 Å². The van der Waals surface area contributed by atoms with Gasteiger partial charge in [0.2, 0.25) is 11.8 Å². The summed E-state index contributed by atoms with van der Waals surface area (Å²) < 4.78 is 5.31. The van der Waals surface area contributed by atoms with Gasteiger partial charge in [-0.1, -0.05) is 25.3 Å². The first-order valence-corrected chi connectivity index (χ1v) is 8.83. The number of nitrogens with zero attached hydrogens (tertiary/aromatic N) is 1. The molecule has 1 saturated carbocycles. The molecule has 5 nitrogen and oxygen atoms in total. The van der Waals surface area contributed by atoms with Gasteiger partial charge in [-0.3, -0.25) is 9.59 Å². The Morgan fingerprint density at radius 3 is 2.71 bits per heavy atom. The minimum atomic E-state index is -0.273. The van der Waals surface area contributed by atoms with Gasteiger partial charge in [0.15, 0.2) is 0 Å². The van der Waals surface area contributed by atoms with Crippen LogP contribution in [0.1, 0.15) is 44.1 Å². The predicted octanol–water partition coefficient (Wildman–Crippen LogP) is 3.12. The summed E-state index contributed by atoms with van der Waals surface area (Å²) >= 11 is 0. The Kier molecular flexibility index (Phi) is 5.07. The molecular weight excluding hydrogens is 304 g/mol. The number of hydrogen-bond donors (Lipinski definition) is 1. The van der Waals surface area contributed by atoms with Crippen LogP contribution in [0.3, 0.4) is 0 Å². The second kappa shape index (κ2) is 7.24. The van der Waals surface area contributed by atoms with Gasteiger partial charge in [0.1, 0.15) is 5.75 Å². The number of amides is 2. The number of hydrogen-bond acceptors (Lipinski definition) is 3. The number of likely N-dealkylation sites (tertiary alicyclic amines) is 1. The highest BCUT2D eigenvalue weighted by atomic mass is 16.5. The van der Waals surface area contributed by atoms with Crippen LogP contribution in [0.15, 0.2) is 18.2 Å². The monoisotopic (exact) mass is 330 g/mol. The van der Waals surface area contributed by atoms with E-state index in [1.165, 1.54) is 19.3 Å². The molecule has 0 unspecified atom stereocenters. The highest BCUT2D eigenvalue weighted by molar-refractivity contribution is 5.98. The van der Waals surface area contributed by atoms with E-state index in [2.05, 4.69) is 5.32 Å². The molecule has 3 rings (SSSR count). The fourth-order valence-corrected chi connectivity index (χ4v) is 3.81. The molecule has 1 aromatic rings. The van der Waals surface area contributed by atoms with E-state index >= 15 is 0 Å². The SMILES string of the molecule is COc1ccc(C)cc1NC(=O)[C@H]1CC(=O)N(C2CCCCC2)C1. The summed E-state index contributed by atoms with van der Waals surface area (Å²) in [6.07, 6.45) is 6.10. The number of carbonyl (C=O) groups is 2. The average molecular weight is 330 g/mol. The molecule has 1 N–H and O–H groups in total. The lowest BCUT2D eigenvalue weighted by atomic mass is 9.94. The van der Waals surface area contributed by atoms with Crippen molar-refractivity contribution in [3.63, 3.8) is 0 Å². The maximum Gasteiger partial charge on any atom is 0.229 e. The molecule has 0 aromatic heterocycles. The smallest absolute Gasteiger partial charge is 0.229 e. The average Bonchev–Trinajstić information content (AvgIpc) is 2.98. The summed E-state index contributed by atoms with van der Waals surface area (Å²) in [4.78, 5) is 26.9. The van der Waals surface area contributed by atoms with Gasteiger partial charge in [0.25, 0.3) is 0 Å². The molecule has 0 bridgehead atoms. The Hall–Kier alpha value is -2.04. The molecule has 1 saturated heterocycles. The molecule has 2 amide bonds. The number of nitrogens with one attached hydrogen (secondary N) is 1. The maximum absolute atomic E-state index is 12.6. The molecule has 1 aliphatic carbocycles. The zero-order chi connectivity index (χ0) is 17.1. The van der Waals surface area contributed by atoms with Gasteiger partial charge < -0.3 is 15.0 Å². The molecule has 24 heavy (non-hydrogen) atoms. The third kappa shape index (κ3) is 3.55. The number of rotatable bonds is 4. The van der Waals surface area contributed by atoms with Gasteiger partial charge in [0.05, 0.1) is 18.7 Å². The molecule has 0 spiro atoms. The van der Waals surface area contributed by atoms with Crippen molar-refractivity contribution in [3.8, 4) is 5.75 Å². The van der Waals surface area contributed by atoms with E-state index in [4.69, 9.17) is 4.74 Å². The van der Waals surface area contributed by atoms with E-state index in [1.54, 1.807) is 7.11 Å². The topological polar surface area (TPSA) is 58.6 Å². The Labute approximate surface area is 143 Å². The van der Waals surface area contributed by atoms with E-state index in [0.29, 0.717) is 30.4 Å². The van der Waals surface area contributed by atoms with Gasteiger partial charge in [-0.25, -0.2) is 0 Å². The summed E-state index contributed by atoms with van der Waals surface area (Å²) in [6, 6.07) is 6.02. The van der Waals surface area contributed by atoms with Crippen molar-refractivity contribution in [2.45, 2.75) is 51.5 Å². The number of benzene rings is 1. The second-order valence-electron chi connectivity index (χ2n) is 6.93. The van der Waals surface area contributed by atoms with Gasteiger partial charge >= 0.3 is 0 Å². The predicted molar refractivity (Wildman–Crippen MR) is 93.1 cm³/mol. The first-order chi connectivity index (χ1) is 11.6. The number of carbonyl (C=O) groups excluding carboxylic acids is 2. The van der Waals surface area contributed by atoms with Gasteiger partial charge in [-0.2, -0.15) is 0 Å². The summed E-state index contributed by atoms with van der Waals surface area (Å²) in [5, 5.41) is 2.95. The first kappa shape index (κ1) is 16.8. The molecule has 1 heterocycles. The summed E-state index contributed by atoms with van der Waals surface area (Å²) in [5.74, 6) is 0.399. The van der Waals surface area contributed by atoms with Crippen LogP contribution in [-0.4, -0.2) is 36.4 Å². The Balaban J connectivity index is 1.66. The van der Waals surface area contributed by atoms with E-state index < -0.39 is 0 Å². The van der Waals surface area contributed by atoms with Crippen LogP contribution in [0.2, 0.25) is 0 Å². The molecule has 1 aromatic carbocycles. The number of aryl methyl sites for hydroxylation is 1. The van der Waals surface area contributed by atoms with Crippen molar-refractivity contribution in [1.29, 1.82) is 0 Å². The molecule has 1 aliphatic heterocycles. The molecular formula is C19H26N2O3. The van der Waals surface area contributed by atoms with Crippen LogP contribution in [-0.2, 0) is 9.59 Å². The van der Waals surface area contributed by atoms with Crippen LogP contribution < -0.4 is 10.1 Å². The van der Waals surface area contributed by atoms with E-state index in [-0.39, 0.29) is 17.7 Å². The van der Waals surface area contributed by atoms with Gasteiger partial charge in [0, 0.05) is 19.0 Å². The molecule has 2 aliphatic rings. The lowest BCUT2D eigenvalue weighted by molar-refractivity contribution is -0.130. The Morgan fingerprint density at radius 2 is 2.00 bits per heavy atom. The lowest BCUT2D eigenvalue weighted by Gasteiger charge is -2.31. The van der Waals surface area contributed by atoms with Crippen molar-refractivity contribution in [2.24, 2.45) is 5.92 Å². The number of ether oxygens (including phenoxy) is 1. The largest absolute Gasteiger partial charge is 0.495 e. The van der Waals surface area contributed by atoms with Crippen molar-refractivity contribution in [2.75, 3.05) is 19.0 Å². The third-order valence-electron chi connectivity index (χ3n) is 5.16. The standard InChI is InChI=1S/C19H26N2O3/c1-13-8-9-17(24-2)16(10-13)20-19(23)14-11-18(22)21(12-14)15-6-4-3-5-7-15/h8-10,14-15H,3-7,11-12H2,1-2H3,(H,20,23)/t14-/m0/s1. The number of anilines is 1. The normalized spacial score (nSPS) is 21.8. The summed E-state index contributed by atoms with van der Waals surface area (Å²) in [6.45, 7) is 2.52. The number of methoxy groups -OCH3 is 1. The minimum absolute atomic E-state index is 0.0921. The van der Waals surface area contributed by atoms with Crippen LogP contribution in [0.5, 0.6) is 5.75 Å². The van der Waals surface area contributed by atoms with E-state index in [0.717, 1.165) is 18.4 Å². The van der Waals surface area contributed by atoms with Crippen LogP contribution in [0, 0.1) is 12.8 Å². The summed E-state index contributed by atoms with van der Waals surface area (Å²) in [7, 11) is 1.59. The lowest BCUT2D eigenvalue weighted by Crippen LogP contribution is -2.38. The Morgan fingerprint density at radius 1 is 1.25 bits per heavy atom. The van der Waals surface area contributed by atoms with Crippen LogP contribution in [0.4, 0.5) is 5.69 Å². The van der Waals surface area contributed by atoms with Crippen molar-refractivity contribution < 1.29 is 14.3 Å². The van der Waals surface area contributed by atoms with Crippen LogP contribution in [0.25, 0.3) is 0 Å². The molecule has 130 valence electrons. The fourth-order valence-electron chi connectivity index (χ4n) is 3.81. The van der Waals surface area contributed by atoms with Crippen LogP contribution >= 0.6 is 0 Å². The van der Waals surface area contributed by atoms with Crippen molar-refractivity contribution in [3.05, 3.63) is 23.8 Å². The zero-order valence-corrected chi connectivity index (χ0v) is 14.5. The zero-order valence-electron chi connectivity index (χ0n) is 14.5. The Bertz CT molecular complexity index is 623. The molecule has 1 atom stereocenters. The van der Waals surface area contributed by atoms with Gasteiger partial charge in [-0.15, -0.1) is 0 Å². The third-order valence-corrected chi connectivity index (χ3v) is 5.16. The minimum Gasteiger partial charge on any atom is -0.495 e. The summed E-state index contributed by atoms with van der Waals surface area (Å²) in [5.41, 5.74) is 1.73. The van der Waals surface area contributed by atoms with Gasteiger partial charge in [-0.05, 0) is 37.5 Å². The first-order valence-electron chi connectivity index (χ1n) is 8.83. The van der Waals surface area contributed by atoms with E-state index in [9.17, 15) is 9.59 Å². The molecule has 5 heteroatoms. The highest BCUT2D eigenvalue weighted by Crippen LogP contribution is 2.30. The highest BCUT2D eigenvalue weighted by Gasteiger charge is 2.38.